The lowest BCUT2D eigenvalue weighted by Crippen LogP contribution is -2.17. The molecule has 0 radical (unpaired) electrons. The zero-order valence-electron chi connectivity index (χ0n) is 17.0. The molecule has 0 aliphatic carbocycles. The molecule has 26 heavy (non-hydrogen) atoms. The average molecular weight is 379 g/mol. The van der Waals surface area contributed by atoms with Crippen LogP contribution >= 0.6 is 11.8 Å². The average Bonchev–Trinajstić information content (AvgIpc) is 2.67. The molecular formula is C23H38O2S. The molecule has 0 spiro atoms. The monoisotopic (exact) mass is 378 g/mol. The summed E-state index contributed by atoms with van der Waals surface area (Å²) < 4.78 is 5.43. The Bertz CT molecular complexity index is 461. The summed E-state index contributed by atoms with van der Waals surface area (Å²) in [7, 11) is 0. The summed E-state index contributed by atoms with van der Waals surface area (Å²) in [6.07, 6.45) is 10.7. The molecule has 0 N–H and O–H groups in total. The van der Waals surface area contributed by atoms with Crippen LogP contribution in [-0.4, -0.2) is 17.5 Å². The summed E-state index contributed by atoms with van der Waals surface area (Å²) in [4.78, 5) is 12.1. The van der Waals surface area contributed by atoms with E-state index in [-0.39, 0.29) is 11.9 Å². The molecular weight excluding hydrogens is 340 g/mol. The van der Waals surface area contributed by atoms with Crippen LogP contribution in [0.25, 0.3) is 0 Å². The van der Waals surface area contributed by atoms with Gasteiger partial charge in [0.15, 0.2) is 0 Å². The third-order valence-electron chi connectivity index (χ3n) is 4.85. The highest BCUT2D eigenvalue weighted by molar-refractivity contribution is 7.99. The Kier molecular flexibility index (Phi) is 13.4. The zero-order chi connectivity index (χ0) is 19.0. The van der Waals surface area contributed by atoms with Crippen molar-refractivity contribution in [1.82, 2.24) is 0 Å². The lowest BCUT2D eigenvalue weighted by Gasteiger charge is -2.17. The number of unbranched alkanes of at least 4 members (excludes halogenated alkanes) is 3. The zero-order valence-corrected chi connectivity index (χ0v) is 17.9. The standard InChI is InChI=1S/C23H38O2S/c1-4-6-9-13-21(12-7-5-2)16-17-26-19-20(3)23(24)25-18-22-14-10-8-11-15-22/h8,10-11,14-15,20-21H,4-7,9,12-13,16-19H2,1-3H3. The van der Waals surface area contributed by atoms with Gasteiger partial charge >= 0.3 is 5.97 Å². The van der Waals surface area contributed by atoms with Crippen molar-refractivity contribution in [3.63, 3.8) is 0 Å². The van der Waals surface area contributed by atoms with Crippen molar-refractivity contribution in [3.8, 4) is 0 Å². The maximum Gasteiger partial charge on any atom is 0.309 e. The van der Waals surface area contributed by atoms with Crippen molar-refractivity contribution in [3.05, 3.63) is 35.9 Å². The fraction of sp³-hybridized carbons (Fsp3) is 0.696. The predicted molar refractivity (Wildman–Crippen MR) is 115 cm³/mol. The molecule has 1 rings (SSSR count). The molecule has 148 valence electrons. The second-order valence-corrected chi connectivity index (χ2v) is 8.51. The Balaban J connectivity index is 2.19. The summed E-state index contributed by atoms with van der Waals surface area (Å²) in [5, 5.41) is 0. The largest absolute Gasteiger partial charge is 0.461 e. The quantitative estimate of drug-likeness (QED) is 0.246. The van der Waals surface area contributed by atoms with Gasteiger partial charge in [0.05, 0.1) is 5.92 Å². The van der Waals surface area contributed by atoms with E-state index in [0.717, 1.165) is 23.0 Å². The maximum absolute atomic E-state index is 12.1. The first-order valence-electron chi connectivity index (χ1n) is 10.5. The minimum absolute atomic E-state index is 0.0297. The van der Waals surface area contributed by atoms with Gasteiger partial charge in [0.2, 0.25) is 0 Å². The number of hydrogen-bond donors (Lipinski definition) is 0. The molecule has 0 fully saturated rings. The SMILES string of the molecule is CCCCCC(CCCC)CCSCC(C)C(=O)OCc1ccccc1. The van der Waals surface area contributed by atoms with Crippen LogP contribution in [0, 0.1) is 11.8 Å². The van der Waals surface area contributed by atoms with Crippen LogP contribution in [0.2, 0.25) is 0 Å². The van der Waals surface area contributed by atoms with Gasteiger partial charge in [-0.05, 0) is 23.7 Å². The molecule has 1 aromatic carbocycles. The topological polar surface area (TPSA) is 26.3 Å². The molecule has 2 nitrogen and oxygen atoms in total. The number of hydrogen-bond acceptors (Lipinski definition) is 3. The van der Waals surface area contributed by atoms with Gasteiger partial charge in [0.25, 0.3) is 0 Å². The Hall–Kier alpha value is -0.960. The second kappa shape index (κ2) is 15.1. The summed E-state index contributed by atoms with van der Waals surface area (Å²) in [5.74, 6) is 2.79. The highest BCUT2D eigenvalue weighted by Crippen LogP contribution is 2.23. The van der Waals surface area contributed by atoms with E-state index < -0.39 is 0 Å². The molecule has 0 bridgehead atoms. The first-order valence-corrected chi connectivity index (χ1v) is 11.6. The van der Waals surface area contributed by atoms with E-state index in [1.54, 1.807) is 0 Å². The van der Waals surface area contributed by atoms with Crippen molar-refractivity contribution < 1.29 is 9.53 Å². The number of carbonyl (C=O) groups is 1. The highest BCUT2D eigenvalue weighted by atomic mass is 32.2. The molecule has 0 saturated heterocycles. The molecule has 0 aliphatic rings. The lowest BCUT2D eigenvalue weighted by molar-refractivity contribution is -0.148. The van der Waals surface area contributed by atoms with Crippen LogP contribution in [0.4, 0.5) is 0 Å². The van der Waals surface area contributed by atoms with E-state index in [1.807, 2.05) is 49.0 Å². The van der Waals surface area contributed by atoms with Crippen molar-refractivity contribution in [2.45, 2.75) is 78.7 Å². The van der Waals surface area contributed by atoms with Gasteiger partial charge < -0.3 is 4.74 Å². The van der Waals surface area contributed by atoms with Crippen molar-refractivity contribution in [2.24, 2.45) is 11.8 Å². The fourth-order valence-corrected chi connectivity index (χ4v) is 4.21. The number of rotatable bonds is 15. The fourth-order valence-electron chi connectivity index (χ4n) is 3.06. The van der Waals surface area contributed by atoms with Crippen LogP contribution < -0.4 is 0 Å². The molecule has 2 unspecified atom stereocenters. The lowest BCUT2D eigenvalue weighted by atomic mass is 9.93. The summed E-state index contributed by atoms with van der Waals surface area (Å²) >= 11 is 1.91. The normalized spacial score (nSPS) is 13.3. The Labute approximate surface area is 165 Å². The molecule has 0 saturated carbocycles. The summed E-state index contributed by atoms with van der Waals surface area (Å²) in [6.45, 7) is 6.91. The van der Waals surface area contributed by atoms with Crippen molar-refractivity contribution in [2.75, 3.05) is 11.5 Å². The number of esters is 1. The van der Waals surface area contributed by atoms with E-state index in [0.29, 0.717) is 6.61 Å². The molecule has 0 aliphatic heterocycles. The first-order chi connectivity index (χ1) is 12.7. The molecule has 3 heteroatoms. The smallest absolute Gasteiger partial charge is 0.309 e. The Morgan fingerprint density at radius 3 is 2.38 bits per heavy atom. The van der Waals surface area contributed by atoms with E-state index in [9.17, 15) is 4.79 Å². The van der Waals surface area contributed by atoms with Gasteiger partial charge in [-0.2, -0.15) is 11.8 Å². The Morgan fingerprint density at radius 1 is 1.00 bits per heavy atom. The van der Waals surface area contributed by atoms with E-state index in [1.165, 1.54) is 51.4 Å². The van der Waals surface area contributed by atoms with Crippen LogP contribution in [0.15, 0.2) is 30.3 Å². The Morgan fingerprint density at radius 2 is 1.69 bits per heavy atom. The minimum Gasteiger partial charge on any atom is -0.461 e. The van der Waals surface area contributed by atoms with E-state index in [2.05, 4.69) is 13.8 Å². The maximum atomic E-state index is 12.1. The molecule has 0 heterocycles. The van der Waals surface area contributed by atoms with Crippen LogP contribution in [0.3, 0.4) is 0 Å². The molecule has 1 aromatic rings. The van der Waals surface area contributed by atoms with Gasteiger partial charge in [0.1, 0.15) is 6.61 Å². The van der Waals surface area contributed by atoms with Gasteiger partial charge in [-0.15, -0.1) is 0 Å². The van der Waals surface area contributed by atoms with Gasteiger partial charge in [-0.3, -0.25) is 4.79 Å². The molecule has 0 amide bonds. The summed E-state index contributed by atoms with van der Waals surface area (Å²) in [5.41, 5.74) is 1.05. The second-order valence-electron chi connectivity index (χ2n) is 7.36. The predicted octanol–water partition coefficient (Wildman–Crippen LogP) is 6.88. The third kappa shape index (κ3) is 10.9. The number of benzene rings is 1. The van der Waals surface area contributed by atoms with Gasteiger partial charge in [-0.25, -0.2) is 0 Å². The molecule has 2 atom stereocenters. The van der Waals surface area contributed by atoms with E-state index >= 15 is 0 Å². The van der Waals surface area contributed by atoms with Gasteiger partial charge in [-0.1, -0.05) is 96.0 Å². The molecule has 0 aromatic heterocycles. The highest BCUT2D eigenvalue weighted by Gasteiger charge is 2.15. The van der Waals surface area contributed by atoms with Crippen molar-refractivity contribution >= 4 is 17.7 Å². The van der Waals surface area contributed by atoms with Crippen LogP contribution in [0.5, 0.6) is 0 Å². The third-order valence-corrected chi connectivity index (χ3v) is 6.11. The van der Waals surface area contributed by atoms with Gasteiger partial charge in [0, 0.05) is 5.75 Å². The van der Waals surface area contributed by atoms with Crippen molar-refractivity contribution in [1.29, 1.82) is 0 Å². The van der Waals surface area contributed by atoms with E-state index in [4.69, 9.17) is 4.74 Å². The number of thioether (sulfide) groups is 1. The first kappa shape index (κ1) is 23.1. The van der Waals surface area contributed by atoms with Crippen LogP contribution in [0.1, 0.15) is 77.7 Å². The number of ether oxygens (including phenoxy) is 1. The number of carbonyl (C=O) groups excluding carboxylic acids is 1. The minimum atomic E-state index is -0.0770. The van der Waals surface area contributed by atoms with Crippen LogP contribution in [-0.2, 0) is 16.1 Å². The summed E-state index contributed by atoms with van der Waals surface area (Å²) in [6, 6.07) is 9.89.